The lowest BCUT2D eigenvalue weighted by molar-refractivity contribution is 0.430. The molecule has 0 heterocycles. The Morgan fingerprint density at radius 2 is 1.60 bits per heavy atom. The highest BCUT2D eigenvalue weighted by molar-refractivity contribution is 7.86. The van der Waals surface area contributed by atoms with Crippen LogP contribution in [-0.4, -0.2) is 18.1 Å². The van der Waals surface area contributed by atoms with Gasteiger partial charge in [-0.3, -0.25) is 4.55 Å². The van der Waals surface area contributed by atoms with Gasteiger partial charge in [0, 0.05) is 5.56 Å². The third-order valence-electron chi connectivity index (χ3n) is 3.99. The molecule has 0 bridgehead atoms. The summed E-state index contributed by atoms with van der Waals surface area (Å²) in [6.45, 7) is 2.15. The Kier molecular flexibility index (Phi) is 6.84. The maximum Gasteiger partial charge on any atom is 0.298 e. The number of ether oxygens (including phenoxy) is 1. The molecule has 136 valence electrons. The average molecular weight is 364 g/mol. The lowest BCUT2D eigenvalue weighted by Crippen LogP contribution is -2.02. The minimum atomic E-state index is -4.39. The van der Waals surface area contributed by atoms with E-state index in [2.05, 4.69) is 6.92 Å². The van der Waals surface area contributed by atoms with Crippen molar-refractivity contribution in [3.8, 4) is 17.2 Å². The van der Waals surface area contributed by atoms with Crippen molar-refractivity contribution < 1.29 is 22.8 Å². The van der Waals surface area contributed by atoms with Gasteiger partial charge in [0.2, 0.25) is 0 Å². The number of phenolic OH excluding ortho intramolecular Hbond substituents is 1. The Morgan fingerprint density at radius 3 is 2.32 bits per heavy atom. The molecule has 0 radical (unpaired) electrons. The van der Waals surface area contributed by atoms with E-state index in [1.165, 1.54) is 24.6 Å². The van der Waals surface area contributed by atoms with Crippen molar-refractivity contribution >= 4 is 10.1 Å². The van der Waals surface area contributed by atoms with Gasteiger partial charge in [-0.2, -0.15) is 8.42 Å². The SMILES string of the molecule is CCCCCCCc1c(O)cccc1Oc1ccccc1S(=O)(=O)O. The summed E-state index contributed by atoms with van der Waals surface area (Å²) in [5, 5.41) is 10.2. The molecule has 0 amide bonds. The second-order valence-electron chi connectivity index (χ2n) is 5.94. The highest BCUT2D eigenvalue weighted by Crippen LogP contribution is 2.35. The Hall–Kier alpha value is -2.05. The predicted molar refractivity (Wildman–Crippen MR) is 96.9 cm³/mol. The Morgan fingerprint density at radius 1 is 0.920 bits per heavy atom. The second-order valence-corrected chi connectivity index (χ2v) is 7.33. The van der Waals surface area contributed by atoms with Gasteiger partial charge in [0.1, 0.15) is 22.1 Å². The van der Waals surface area contributed by atoms with E-state index in [4.69, 9.17) is 4.74 Å². The van der Waals surface area contributed by atoms with E-state index in [1.54, 1.807) is 24.3 Å². The van der Waals surface area contributed by atoms with Crippen LogP contribution >= 0.6 is 0 Å². The van der Waals surface area contributed by atoms with Gasteiger partial charge in [-0.25, -0.2) is 0 Å². The van der Waals surface area contributed by atoms with Crippen LogP contribution in [0.15, 0.2) is 47.4 Å². The minimum Gasteiger partial charge on any atom is -0.508 e. The summed E-state index contributed by atoms with van der Waals surface area (Å²) >= 11 is 0. The molecular formula is C19H24O5S. The zero-order valence-electron chi connectivity index (χ0n) is 14.3. The number of hydrogen-bond acceptors (Lipinski definition) is 4. The Balaban J connectivity index is 2.22. The number of aromatic hydroxyl groups is 1. The van der Waals surface area contributed by atoms with Crippen LogP contribution in [-0.2, 0) is 16.5 Å². The third kappa shape index (κ3) is 5.47. The molecule has 0 aromatic heterocycles. The van der Waals surface area contributed by atoms with E-state index in [0.29, 0.717) is 17.7 Å². The normalized spacial score (nSPS) is 11.4. The molecule has 25 heavy (non-hydrogen) atoms. The third-order valence-corrected chi connectivity index (χ3v) is 4.88. The predicted octanol–water partition coefficient (Wildman–Crippen LogP) is 4.94. The maximum atomic E-state index is 11.5. The van der Waals surface area contributed by atoms with Crippen molar-refractivity contribution in [3.05, 3.63) is 48.0 Å². The van der Waals surface area contributed by atoms with E-state index in [-0.39, 0.29) is 16.4 Å². The molecule has 0 unspecified atom stereocenters. The molecular weight excluding hydrogens is 340 g/mol. The minimum absolute atomic E-state index is 0.0304. The largest absolute Gasteiger partial charge is 0.508 e. The van der Waals surface area contributed by atoms with Crippen molar-refractivity contribution in [1.82, 2.24) is 0 Å². The quantitative estimate of drug-likeness (QED) is 0.486. The number of rotatable bonds is 9. The van der Waals surface area contributed by atoms with Gasteiger partial charge in [-0.15, -0.1) is 0 Å². The highest BCUT2D eigenvalue weighted by atomic mass is 32.2. The number of para-hydroxylation sites is 1. The number of benzene rings is 2. The Bertz CT molecular complexity index is 799. The second kappa shape index (κ2) is 8.87. The zero-order valence-corrected chi connectivity index (χ0v) is 15.1. The molecule has 0 fully saturated rings. The molecule has 0 aliphatic rings. The molecule has 0 aliphatic heterocycles. The molecule has 0 aliphatic carbocycles. The summed E-state index contributed by atoms with van der Waals surface area (Å²) in [6.07, 6.45) is 6.10. The van der Waals surface area contributed by atoms with Crippen LogP contribution < -0.4 is 4.74 Å². The summed E-state index contributed by atoms with van der Waals surface area (Å²) in [7, 11) is -4.39. The summed E-state index contributed by atoms with van der Waals surface area (Å²) in [4.78, 5) is -0.299. The van der Waals surface area contributed by atoms with E-state index in [1.807, 2.05) is 0 Å². The summed E-state index contributed by atoms with van der Waals surface area (Å²) in [5.74, 6) is 0.548. The molecule has 0 atom stereocenters. The molecule has 0 spiro atoms. The van der Waals surface area contributed by atoms with Crippen molar-refractivity contribution in [2.24, 2.45) is 0 Å². The zero-order chi connectivity index (χ0) is 18.3. The first-order valence-corrected chi connectivity index (χ1v) is 9.92. The number of phenols is 1. The first-order chi connectivity index (χ1) is 11.9. The van der Waals surface area contributed by atoms with Crippen LogP contribution in [0.25, 0.3) is 0 Å². The van der Waals surface area contributed by atoms with Gasteiger partial charge in [0.25, 0.3) is 10.1 Å². The summed E-state index contributed by atoms with van der Waals surface area (Å²) < 4.78 is 38.1. The van der Waals surface area contributed by atoms with E-state index >= 15 is 0 Å². The standard InChI is InChI=1S/C19H24O5S/c1-2-3-4-5-6-10-15-16(20)11-9-13-17(15)24-18-12-7-8-14-19(18)25(21,22)23/h7-9,11-14,20H,2-6,10H2,1H3,(H,21,22,23). The molecule has 0 saturated heterocycles. The topological polar surface area (TPSA) is 83.8 Å². The summed E-state index contributed by atoms with van der Waals surface area (Å²) in [5.41, 5.74) is 0.643. The number of hydrogen-bond donors (Lipinski definition) is 2. The van der Waals surface area contributed by atoms with Crippen molar-refractivity contribution in [2.45, 2.75) is 50.3 Å². The van der Waals surface area contributed by atoms with Gasteiger partial charge in [0.15, 0.2) is 0 Å². The van der Waals surface area contributed by atoms with Crippen molar-refractivity contribution in [3.63, 3.8) is 0 Å². The highest BCUT2D eigenvalue weighted by Gasteiger charge is 2.18. The lowest BCUT2D eigenvalue weighted by atomic mass is 10.0. The fourth-order valence-electron chi connectivity index (χ4n) is 2.67. The van der Waals surface area contributed by atoms with Crippen LogP contribution in [0.1, 0.15) is 44.6 Å². The smallest absolute Gasteiger partial charge is 0.298 e. The average Bonchev–Trinajstić information content (AvgIpc) is 2.56. The van der Waals surface area contributed by atoms with Crippen molar-refractivity contribution in [2.75, 3.05) is 0 Å². The van der Waals surface area contributed by atoms with Gasteiger partial charge in [-0.05, 0) is 37.1 Å². The molecule has 2 N–H and O–H groups in total. The number of unbranched alkanes of at least 4 members (excludes halogenated alkanes) is 4. The van der Waals surface area contributed by atoms with Gasteiger partial charge >= 0.3 is 0 Å². The molecule has 6 heteroatoms. The fourth-order valence-corrected chi connectivity index (χ4v) is 3.29. The molecule has 2 rings (SSSR count). The molecule has 2 aromatic carbocycles. The first-order valence-electron chi connectivity index (χ1n) is 8.48. The first kappa shape index (κ1) is 19.3. The van der Waals surface area contributed by atoms with Crippen LogP contribution in [0, 0.1) is 0 Å². The van der Waals surface area contributed by atoms with E-state index < -0.39 is 10.1 Å². The molecule has 2 aromatic rings. The lowest BCUT2D eigenvalue weighted by Gasteiger charge is -2.14. The monoisotopic (exact) mass is 364 g/mol. The summed E-state index contributed by atoms with van der Waals surface area (Å²) in [6, 6.07) is 10.8. The Labute approximate surface area is 149 Å². The van der Waals surface area contributed by atoms with E-state index in [9.17, 15) is 18.1 Å². The fraction of sp³-hybridized carbons (Fsp3) is 0.368. The van der Waals surface area contributed by atoms with Crippen molar-refractivity contribution in [1.29, 1.82) is 0 Å². The van der Waals surface area contributed by atoms with Gasteiger partial charge < -0.3 is 9.84 Å². The van der Waals surface area contributed by atoms with Crippen LogP contribution in [0.2, 0.25) is 0 Å². The van der Waals surface area contributed by atoms with Crippen LogP contribution in [0.3, 0.4) is 0 Å². The van der Waals surface area contributed by atoms with Gasteiger partial charge in [-0.1, -0.05) is 50.8 Å². The van der Waals surface area contributed by atoms with Gasteiger partial charge in [0.05, 0.1) is 0 Å². The molecule has 0 saturated carbocycles. The van der Waals surface area contributed by atoms with Crippen LogP contribution in [0.4, 0.5) is 0 Å². The van der Waals surface area contributed by atoms with E-state index in [0.717, 1.165) is 25.7 Å². The molecule has 5 nitrogen and oxygen atoms in total. The maximum absolute atomic E-state index is 11.5. The van der Waals surface area contributed by atoms with Crippen LogP contribution in [0.5, 0.6) is 17.2 Å².